The van der Waals surface area contributed by atoms with E-state index in [0.29, 0.717) is 11.7 Å². The van der Waals surface area contributed by atoms with Crippen LogP contribution in [0.4, 0.5) is 11.6 Å². The Bertz CT molecular complexity index is 403. The van der Waals surface area contributed by atoms with Gasteiger partial charge in [-0.2, -0.15) is 0 Å². The first-order chi connectivity index (χ1) is 9.42. The Morgan fingerprint density at radius 3 is 2.45 bits per heavy atom. The Hall–Kier alpha value is -1.36. The molecule has 1 aromatic rings. The van der Waals surface area contributed by atoms with Crippen LogP contribution in [0.1, 0.15) is 33.0 Å². The Kier molecular flexibility index (Phi) is 6.71. The molecular weight excluding hydrogens is 250 g/mol. The van der Waals surface area contributed by atoms with E-state index >= 15 is 0 Å². The largest absolute Gasteiger partial charge is 0.384 e. The lowest BCUT2D eigenvalue weighted by atomic mass is 10.2. The highest BCUT2D eigenvalue weighted by Crippen LogP contribution is 2.16. The zero-order chi connectivity index (χ0) is 15.1. The van der Waals surface area contributed by atoms with Crippen molar-refractivity contribution in [1.29, 1.82) is 0 Å². The zero-order valence-electron chi connectivity index (χ0n) is 13.6. The molecule has 5 nitrogen and oxygen atoms in total. The van der Waals surface area contributed by atoms with Crippen molar-refractivity contribution in [1.82, 2.24) is 14.9 Å². The van der Waals surface area contributed by atoms with Crippen molar-refractivity contribution < 1.29 is 0 Å². The lowest BCUT2D eigenvalue weighted by molar-refractivity contribution is 0.408. The predicted octanol–water partition coefficient (Wildman–Crippen LogP) is 2.04. The second kappa shape index (κ2) is 8.04. The van der Waals surface area contributed by atoms with Gasteiger partial charge >= 0.3 is 0 Å². The quantitative estimate of drug-likeness (QED) is 0.789. The predicted molar refractivity (Wildman–Crippen MR) is 86.0 cm³/mol. The van der Waals surface area contributed by atoms with Gasteiger partial charge in [-0.25, -0.2) is 9.97 Å². The molecule has 0 saturated carbocycles. The molecule has 0 unspecified atom stereocenters. The summed E-state index contributed by atoms with van der Waals surface area (Å²) in [6.07, 6.45) is 1.91. The van der Waals surface area contributed by atoms with Gasteiger partial charge in [0, 0.05) is 32.1 Å². The van der Waals surface area contributed by atoms with Crippen molar-refractivity contribution in [2.45, 2.75) is 33.6 Å². The minimum atomic E-state index is 0.567. The maximum Gasteiger partial charge on any atom is 0.134 e. The maximum absolute atomic E-state index is 5.93. The highest BCUT2D eigenvalue weighted by Gasteiger charge is 2.12. The smallest absolute Gasteiger partial charge is 0.134 e. The molecule has 20 heavy (non-hydrogen) atoms. The molecule has 0 saturated heterocycles. The van der Waals surface area contributed by atoms with Crippen LogP contribution in [0, 0.1) is 5.92 Å². The fourth-order valence-electron chi connectivity index (χ4n) is 2.06. The summed E-state index contributed by atoms with van der Waals surface area (Å²) in [4.78, 5) is 13.5. The fourth-order valence-corrected chi connectivity index (χ4v) is 2.06. The Morgan fingerprint density at radius 2 is 1.90 bits per heavy atom. The van der Waals surface area contributed by atoms with Crippen molar-refractivity contribution in [2.24, 2.45) is 5.92 Å². The highest BCUT2D eigenvalue weighted by atomic mass is 15.2. The number of nitrogens with zero attached hydrogens (tertiary/aromatic N) is 4. The van der Waals surface area contributed by atoms with E-state index in [1.54, 1.807) is 0 Å². The molecule has 0 aliphatic rings. The van der Waals surface area contributed by atoms with E-state index in [4.69, 9.17) is 5.73 Å². The van der Waals surface area contributed by atoms with Crippen LogP contribution in [0.5, 0.6) is 0 Å². The van der Waals surface area contributed by atoms with Crippen LogP contribution in [-0.2, 0) is 6.42 Å². The van der Waals surface area contributed by atoms with E-state index < -0.39 is 0 Å². The lowest BCUT2D eigenvalue weighted by Gasteiger charge is -2.27. The molecule has 5 heteroatoms. The molecule has 114 valence electrons. The average Bonchev–Trinajstić information content (AvgIpc) is 2.33. The number of anilines is 2. The molecule has 0 radical (unpaired) electrons. The minimum absolute atomic E-state index is 0.567. The molecule has 0 atom stereocenters. The van der Waals surface area contributed by atoms with E-state index in [1.165, 1.54) is 0 Å². The Balaban J connectivity index is 2.92. The van der Waals surface area contributed by atoms with Crippen molar-refractivity contribution in [3.8, 4) is 0 Å². The van der Waals surface area contributed by atoms with Crippen LogP contribution in [-0.4, -0.2) is 48.6 Å². The molecule has 0 aliphatic heterocycles. The monoisotopic (exact) mass is 279 g/mol. The van der Waals surface area contributed by atoms with Crippen LogP contribution in [0.15, 0.2) is 6.07 Å². The number of likely N-dealkylation sites (N-methyl/N-ethyl adjacent to an activating group) is 1. The molecule has 0 bridgehead atoms. The molecule has 0 aromatic carbocycles. The zero-order valence-corrected chi connectivity index (χ0v) is 13.6. The number of rotatable bonds is 8. The Labute approximate surface area is 123 Å². The van der Waals surface area contributed by atoms with E-state index in [0.717, 1.165) is 44.1 Å². The number of nitrogens with two attached hydrogens (primary N) is 1. The summed E-state index contributed by atoms with van der Waals surface area (Å²) < 4.78 is 0. The molecule has 0 aliphatic carbocycles. The van der Waals surface area contributed by atoms with Gasteiger partial charge in [-0.05, 0) is 26.4 Å². The molecular formula is C15H29N5. The summed E-state index contributed by atoms with van der Waals surface area (Å²) in [6, 6.07) is 1.89. The number of aromatic nitrogens is 2. The maximum atomic E-state index is 5.93. The van der Waals surface area contributed by atoms with Crippen molar-refractivity contribution in [2.75, 3.05) is 44.4 Å². The van der Waals surface area contributed by atoms with Gasteiger partial charge in [0.1, 0.15) is 17.5 Å². The summed E-state index contributed by atoms with van der Waals surface area (Å²) in [5.41, 5.74) is 5.93. The number of hydrogen-bond acceptors (Lipinski definition) is 5. The van der Waals surface area contributed by atoms with E-state index in [9.17, 15) is 0 Å². The summed E-state index contributed by atoms with van der Waals surface area (Å²) in [5.74, 6) is 2.96. The van der Waals surface area contributed by atoms with Crippen LogP contribution >= 0.6 is 0 Å². The van der Waals surface area contributed by atoms with Crippen LogP contribution in [0.3, 0.4) is 0 Å². The normalized spacial score (nSPS) is 11.3. The summed E-state index contributed by atoms with van der Waals surface area (Å²) >= 11 is 0. The molecule has 0 amide bonds. The standard InChI is InChI=1S/C15H29N5/c1-6-7-14-17-13(16)10-15(18-14)20(11-12(2)3)9-8-19(4)5/h10,12H,6-9,11H2,1-5H3,(H2,16,17,18). The summed E-state index contributed by atoms with van der Waals surface area (Å²) in [6.45, 7) is 9.51. The van der Waals surface area contributed by atoms with Gasteiger partial charge in [0.05, 0.1) is 0 Å². The van der Waals surface area contributed by atoms with Gasteiger partial charge in [-0.3, -0.25) is 0 Å². The van der Waals surface area contributed by atoms with Crippen LogP contribution in [0.25, 0.3) is 0 Å². The summed E-state index contributed by atoms with van der Waals surface area (Å²) in [5, 5.41) is 0. The van der Waals surface area contributed by atoms with Gasteiger partial charge in [0.15, 0.2) is 0 Å². The topological polar surface area (TPSA) is 58.3 Å². The van der Waals surface area contributed by atoms with Crippen LogP contribution < -0.4 is 10.6 Å². The van der Waals surface area contributed by atoms with Gasteiger partial charge in [-0.15, -0.1) is 0 Å². The average molecular weight is 279 g/mol. The first kappa shape index (κ1) is 16.7. The van der Waals surface area contributed by atoms with E-state index in [1.807, 2.05) is 6.07 Å². The number of hydrogen-bond donors (Lipinski definition) is 1. The Morgan fingerprint density at radius 1 is 1.20 bits per heavy atom. The highest BCUT2D eigenvalue weighted by molar-refractivity contribution is 5.47. The fraction of sp³-hybridized carbons (Fsp3) is 0.733. The van der Waals surface area contributed by atoms with Gasteiger partial charge in [0.25, 0.3) is 0 Å². The third-order valence-corrected chi connectivity index (χ3v) is 2.98. The van der Waals surface area contributed by atoms with Crippen LogP contribution in [0.2, 0.25) is 0 Å². The summed E-state index contributed by atoms with van der Waals surface area (Å²) in [7, 11) is 4.18. The molecule has 1 aromatic heterocycles. The van der Waals surface area contributed by atoms with Crippen molar-refractivity contribution in [3.63, 3.8) is 0 Å². The molecule has 1 heterocycles. The second-order valence-corrected chi connectivity index (χ2v) is 5.96. The first-order valence-electron chi connectivity index (χ1n) is 7.45. The minimum Gasteiger partial charge on any atom is -0.384 e. The molecule has 0 spiro atoms. The SMILES string of the molecule is CCCc1nc(N)cc(N(CCN(C)C)CC(C)C)n1. The van der Waals surface area contributed by atoms with Gasteiger partial charge in [0.2, 0.25) is 0 Å². The van der Waals surface area contributed by atoms with Crippen molar-refractivity contribution in [3.05, 3.63) is 11.9 Å². The number of nitrogen functional groups attached to an aromatic ring is 1. The molecule has 1 rings (SSSR count). The third-order valence-electron chi connectivity index (χ3n) is 2.98. The van der Waals surface area contributed by atoms with Gasteiger partial charge < -0.3 is 15.5 Å². The first-order valence-corrected chi connectivity index (χ1v) is 7.45. The van der Waals surface area contributed by atoms with Crippen molar-refractivity contribution >= 4 is 11.6 Å². The second-order valence-electron chi connectivity index (χ2n) is 5.96. The van der Waals surface area contributed by atoms with Gasteiger partial charge in [-0.1, -0.05) is 20.8 Å². The number of aryl methyl sites for hydroxylation is 1. The van der Waals surface area contributed by atoms with E-state index in [-0.39, 0.29) is 0 Å². The third kappa shape index (κ3) is 5.74. The van der Waals surface area contributed by atoms with E-state index in [2.05, 4.69) is 54.6 Å². The lowest BCUT2D eigenvalue weighted by Crippen LogP contribution is -2.35. The molecule has 2 N–H and O–H groups in total. The molecule has 0 fully saturated rings.